The lowest BCUT2D eigenvalue weighted by atomic mass is 10.0. The standard InChI is InChI=1S/C11H15BrN2O2/c1-11(2,10(13)16)14-6-7-3-4-9(15)8(12)5-7/h3-5,14-15H,6H2,1-2H3,(H2,13,16). The molecule has 4 nitrogen and oxygen atoms in total. The number of carbonyl (C=O) groups is 1. The van der Waals surface area contributed by atoms with E-state index in [2.05, 4.69) is 21.2 Å². The molecule has 0 aromatic heterocycles. The minimum atomic E-state index is -0.746. The minimum Gasteiger partial charge on any atom is -0.507 e. The van der Waals surface area contributed by atoms with Crippen LogP contribution >= 0.6 is 15.9 Å². The number of benzene rings is 1. The molecule has 0 unspecified atom stereocenters. The average molecular weight is 287 g/mol. The molecule has 1 amide bonds. The van der Waals surface area contributed by atoms with Gasteiger partial charge in [0.1, 0.15) is 5.75 Å². The zero-order valence-electron chi connectivity index (χ0n) is 9.25. The van der Waals surface area contributed by atoms with Crippen LogP contribution in [-0.2, 0) is 11.3 Å². The second kappa shape index (κ2) is 4.84. The molecular formula is C11H15BrN2O2. The molecule has 5 heteroatoms. The Morgan fingerprint density at radius 2 is 2.19 bits per heavy atom. The van der Waals surface area contributed by atoms with Crippen molar-refractivity contribution < 1.29 is 9.90 Å². The number of carbonyl (C=O) groups excluding carboxylic acids is 1. The molecule has 4 N–H and O–H groups in total. The molecule has 88 valence electrons. The first kappa shape index (κ1) is 13.0. The van der Waals surface area contributed by atoms with Gasteiger partial charge in [-0.2, -0.15) is 0 Å². The van der Waals surface area contributed by atoms with Crippen LogP contribution in [0.3, 0.4) is 0 Å². The Labute approximate surface area is 103 Å². The Hall–Kier alpha value is -1.07. The van der Waals surface area contributed by atoms with E-state index in [1.54, 1.807) is 32.0 Å². The molecule has 0 saturated heterocycles. The Bertz CT molecular complexity index is 405. The van der Waals surface area contributed by atoms with Crippen LogP contribution in [0.4, 0.5) is 0 Å². The van der Waals surface area contributed by atoms with Gasteiger partial charge in [-0.1, -0.05) is 6.07 Å². The summed E-state index contributed by atoms with van der Waals surface area (Å²) in [6.07, 6.45) is 0. The van der Waals surface area contributed by atoms with Gasteiger partial charge in [-0.15, -0.1) is 0 Å². The number of hydrogen-bond acceptors (Lipinski definition) is 3. The maximum atomic E-state index is 11.1. The fourth-order valence-electron chi connectivity index (χ4n) is 1.07. The Kier molecular flexibility index (Phi) is 3.93. The number of phenols is 1. The van der Waals surface area contributed by atoms with E-state index in [0.29, 0.717) is 11.0 Å². The summed E-state index contributed by atoms with van der Waals surface area (Å²) in [7, 11) is 0. The van der Waals surface area contributed by atoms with Gasteiger partial charge in [-0.25, -0.2) is 0 Å². The third-order valence-electron chi connectivity index (χ3n) is 2.36. The van der Waals surface area contributed by atoms with Crippen molar-refractivity contribution in [3.63, 3.8) is 0 Å². The molecule has 0 atom stereocenters. The lowest BCUT2D eigenvalue weighted by molar-refractivity contribution is -0.123. The number of nitrogens with one attached hydrogen (secondary N) is 1. The monoisotopic (exact) mass is 286 g/mol. The number of aromatic hydroxyl groups is 1. The molecule has 0 spiro atoms. The minimum absolute atomic E-state index is 0.193. The van der Waals surface area contributed by atoms with Gasteiger partial charge in [0, 0.05) is 6.54 Å². The highest BCUT2D eigenvalue weighted by Gasteiger charge is 2.23. The summed E-state index contributed by atoms with van der Waals surface area (Å²) < 4.78 is 0.628. The van der Waals surface area contributed by atoms with Crippen LogP contribution in [0.1, 0.15) is 19.4 Å². The van der Waals surface area contributed by atoms with E-state index in [9.17, 15) is 9.90 Å². The molecule has 0 saturated carbocycles. The van der Waals surface area contributed by atoms with Crippen LogP contribution in [0.5, 0.6) is 5.75 Å². The van der Waals surface area contributed by atoms with Gasteiger partial charge in [0.15, 0.2) is 0 Å². The smallest absolute Gasteiger partial charge is 0.237 e. The second-order valence-electron chi connectivity index (χ2n) is 4.13. The Morgan fingerprint density at radius 1 is 1.56 bits per heavy atom. The van der Waals surface area contributed by atoms with Crippen molar-refractivity contribution >= 4 is 21.8 Å². The molecule has 0 fully saturated rings. The molecule has 0 aliphatic heterocycles. The summed E-state index contributed by atoms with van der Waals surface area (Å²) in [4.78, 5) is 11.1. The van der Waals surface area contributed by atoms with Gasteiger partial charge < -0.3 is 10.8 Å². The van der Waals surface area contributed by atoms with Crippen LogP contribution in [0.15, 0.2) is 22.7 Å². The van der Waals surface area contributed by atoms with E-state index in [-0.39, 0.29) is 5.75 Å². The van der Waals surface area contributed by atoms with Crippen LogP contribution in [-0.4, -0.2) is 16.6 Å². The summed E-state index contributed by atoms with van der Waals surface area (Å²) >= 11 is 3.23. The zero-order valence-corrected chi connectivity index (χ0v) is 10.8. The first-order valence-corrected chi connectivity index (χ1v) is 5.64. The van der Waals surface area contributed by atoms with Gasteiger partial charge in [-0.3, -0.25) is 10.1 Å². The van der Waals surface area contributed by atoms with E-state index in [0.717, 1.165) is 5.56 Å². The zero-order chi connectivity index (χ0) is 12.3. The predicted molar refractivity (Wildman–Crippen MR) is 65.9 cm³/mol. The number of phenolic OH excluding ortho intramolecular Hbond substituents is 1. The highest BCUT2D eigenvalue weighted by Crippen LogP contribution is 2.24. The summed E-state index contributed by atoms with van der Waals surface area (Å²) in [5, 5.41) is 12.4. The summed E-state index contributed by atoms with van der Waals surface area (Å²) in [5.74, 6) is -0.205. The third-order valence-corrected chi connectivity index (χ3v) is 3.00. The Morgan fingerprint density at radius 3 is 2.69 bits per heavy atom. The Balaban J connectivity index is 2.68. The SMILES string of the molecule is CC(C)(NCc1ccc(O)c(Br)c1)C(N)=O. The lowest BCUT2D eigenvalue weighted by Crippen LogP contribution is -2.50. The van der Waals surface area contributed by atoms with E-state index >= 15 is 0 Å². The van der Waals surface area contributed by atoms with Crippen LogP contribution in [0.2, 0.25) is 0 Å². The van der Waals surface area contributed by atoms with Gasteiger partial charge in [0.2, 0.25) is 5.91 Å². The molecule has 1 aromatic rings. The van der Waals surface area contributed by atoms with Crippen molar-refractivity contribution in [2.24, 2.45) is 5.73 Å². The van der Waals surface area contributed by atoms with Crippen LogP contribution in [0, 0.1) is 0 Å². The first-order valence-electron chi connectivity index (χ1n) is 4.85. The second-order valence-corrected chi connectivity index (χ2v) is 4.98. The topological polar surface area (TPSA) is 75.3 Å². The maximum absolute atomic E-state index is 11.1. The van der Waals surface area contributed by atoms with Crippen molar-refractivity contribution in [1.82, 2.24) is 5.32 Å². The average Bonchev–Trinajstić information content (AvgIpc) is 2.20. The van der Waals surface area contributed by atoms with Crippen molar-refractivity contribution in [2.45, 2.75) is 25.9 Å². The maximum Gasteiger partial charge on any atom is 0.237 e. The molecule has 0 aliphatic rings. The van der Waals surface area contributed by atoms with Crippen molar-refractivity contribution in [3.8, 4) is 5.75 Å². The first-order chi connectivity index (χ1) is 7.33. The number of hydrogen-bond donors (Lipinski definition) is 3. The van der Waals surface area contributed by atoms with Crippen LogP contribution in [0.25, 0.3) is 0 Å². The van der Waals surface area contributed by atoms with Crippen molar-refractivity contribution in [2.75, 3.05) is 0 Å². The number of nitrogens with two attached hydrogens (primary N) is 1. The summed E-state index contributed by atoms with van der Waals surface area (Å²) in [6.45, 7) is 3.96. The molecule has 0 heterocycles. The largest absolute Gasteiger partial charge is 0.507 e. The molecule has 0 bridgehead atoms. The molecule has 16 heavy (non-hydrogen) atoms. The quantitative estimate of drug-likeness (QED) is 0.785. The van der Waals surface area contributed by atoms with Gasteiger partial charge >= 0.3 is 0 Å². The van der Waals surface area contributed by atoms with Crippen LogP contribution < -0.4 is 11.1 Å². The molecule has 0 aliphatic carbocycles. The van der Waals surface area contributed by atoms with Gasteiger partial charge in [0.25, 0.3) is 0 Å². The molecule has 1 aromatic carbocycles. The van der Waals surface area contributed by atoms with E-state index in [4.69, 9.17) is 5.73 Å². The number of primary amides is 1. The molecular weight excluding hydrogens is 272 g/mol. The molecule has 0 radical (unpaired) electrons. The van der Waals surface area contributed by atoms with Crippen molar-refractivity contribution in [1.29, 1.82) is 0 Å². The number of halogens is 1. The van der Waals surface area contributed by atoms with E-state index in [1.807, 2.05) is 0 Å². The highest BCUT2D eigenvalue weighted by molar-refractivity contribution is 9.10. The number of amides is 1. The molecule has 1 rings (SSSR count). The van der Waals surface area contributed by atoms with Crippen molar-refractivity contribution in [3.05, 3.63) is 28.2 Å². The van der Waals surface area contributed by atoms with Gasteiger partial charge in [-0.05, 0) is 47.5 Å². The number of rotatable bonds is 4. The third kappa shape index (κ3) is 3.21. The summed E-state index contributed by atoms with van der Waals surface area (Å²) in [6, 6.07) is 5.17. The highest BCUT2D eigenvalue weighted by atomic mass is 79.9. The normalized spacial score (nSPS) is 11.4. The fraction of sp³-hybridized carbons (Fsp3) is 0.364. The fourth-order valence-corrected chi connectivity index (χ4v) is 1.50. The van der Waals surface area contributed by atoms with E-state index < -0.39 is 11.4 Å². The van der Waals surface area contributed by atoms with E-state index in [1.165, 1.54) is 0 Å². The van der Waals surface area contributed by atoms with Gasteiger partial charge in [0.05, 0.1) is 10.0 Å². The predicted octanol–water partition coefficient (Wildman–Crippen LogP) is 1.51. The lowest BCUT2D eigenvalue weighted by Gasteiger charge is -2.22. The summed E-state index contributed by atoms with van der Waals surface area (Å²) in [5.41, 5.74) is 5.45.